The minimum atomic E-state index is 0.599. The van der Waals surface area contributed by atoms with Crippen LogP contribution in [0.4, 0.5) is 0 Å². The van der Waals surface area contributed by atoms with E-state index in [0.717, 1.165) is 24.5 Å². The highest BCUT2D eigenvalue weighted by molar-refractivity contribution is 7.19. The summed E-state index contributed by atoms with van der Waals surface area (Å²) in [5, 5.41) is 6.70. The first-order chi connectivity index (χ1) is 10.6. The van der Waals surface area contributed by atoms with Gasteiger partial charge >= 0.3 is 0 Å². The van der Waals surface area contributed by atoms with E-state index in [9.17, 15) is 0 Å². The van der Waals surface area contributed by atoms with Gasteiger partial charge in [0.25, 0.3) is 0 Å². The van der Waals surface area contributed by atoms with Crippen molar-refractivity contribution in [2.24, 2.45) is 0 Å². The lowest BCUT2D eigenvalue weighted by atomic mass is 10.1. The van der Waals surface area contributed by atoms with Crippen LogP contribution in [0.2, 0.25) is 15.1 Å². The molecule has 0 bridgehead atoms. The average Bonchev–Trinajstić information content (AvgIpc) is 2.89. The zero-order valence-corrected chi connectivity index (χ0v) is 14.8. The van der Waals surface area contributed by atoms with Gasteiger partial charge in [-0.2, -0.15) is 0 Å². The van der Waals surface area contributed by atoms with Gasteiger partial charge < -0.3 is 5.32 Å². The number of fused-ring (bicyclic) bond motifs is 1. The Morgan fingerprint density at radius 2 is 1.77 bits per heavy atom. The van der Waals surface area contributed by atoms with Gasteiger partial charge in [0.1, 0.15) is 0 Å². The van der Waals surface area contributed by atoms with Gasteiger partial charge in [0.05, 0.1) is 10.0 Å². The summed E-state index contributed by atoms with van der Waals surface area (Å²) in [6, 6.07) is 14.0. The number of nitrogens with one attached hydrogen (secondary N) is 1. The first kappa shape index (κ1) is 16.1. The second-order valence-electron chi connectivity index (χ2n) is 5.07. The van der Waals surface area contributed by atoms with Crippen LogP contribution < -0.4 is 5.32 Å². The summed E-state index contributed by atoms with van der Waals surface area (Å²) in [4.78, 5) is 1.31. The number of rotatable bonds is 5. The van der Waals surface area contributed by atoms with E-state index in [-0.39, 0.29) is 0 Å². The summed E-state index contributed by atoms with van der Waals surface area (Å²) < 4.78 is 1.23. The van der Waals surface area contributed by atoms with Crippen LogP contribution in [0.15, 0.2) is 42.5 Å². The van der Waals surface area contributed by atoms with E-state index >= 15 is 0 Å². The molecule has 0 fully saturated rings. The van der Waals surface area contributed by atoms with Gasteiger partial charge in [-0.05, 0) is 54.2 Å². The summed E-state index contributed by atoms with van der Waals surface area (Å²) >= 11 is 19.7. The molecule has 1 heterocycles. The van der Waals surface area contributed by atoms with E-state index in [1.165, 1.54) is 20.5 Å². The molecule has 3 rings (SSSR count). The molecule has 0 aliphatic rings. The van der Waals surface area contributed by atoms with Gasteiger partial charge in [0, 0.05) is 21.1 Å². The van der Waals surface area contributed by atoms with Gasteiger partial charge in [0.15, 0.2) is 0 Å². The number of benzene rings is 2. The fourth-order valence-corrected chi connectivity index (χ4v) is 3.92. The van der Waals surface area contributed by atoms with Crippen LogP contribution in [0.3, 0.4) is 0 Å². The highest BCUT2D eigenvalue weighted by atomic mass is 35.5. The molecule has 3 aromatic rings. The third kappa shape index (κ3) is 3.95. The van der Waals surface area contributed by atoms with Crippen molar-refractivity contribution in [3.05, 3.63) is 68.0 Å². The minimum absolute atomic E-state index is 0.599. The van der Waals surface area contributed by atoms with Gasteiger partial charge in [-0.1, -0.05) is 46.9 Å². The van der Waals surface area contributed by atoms with Crippen molar-refractivity contribution in [2.75, 3.05) is 6.54 Å². The predicted molar refractivity (Wildman–Crippen MR) is 98.7 cm³/mol. The van der Waals surface area contributed by atoms with Gasteiger partial charge in [-0.15, -0.1) is 11.3 Å². The molecule has 0 spiro atoms. The van der Waals surface area contributed by atoms with Gasteiger partial charge in [-0.3, -0.25) is 0 Å². The van der Waals surface area contributed by atoms with Crippen LogP contribution in [0.25, 0.3) is 10.1 Å². The van der Waals surface area contributed by atoms with Crippen LogP contribution in [0, 0.1) is 0 Å². The summed E-state index contributed by atoms with van der Waals surface area (Å²) in [7, 11) is 0. The Hall–Kier alpha value is -0.770. The van der Waals surface area contributed by atoms with Crippen LogP contribution in [0.1, 0.15) is 10.4 Å². The first-order valence-corrected chi connectivity index (χ1v) is 8.89. The molecule has 0 radical (unpaired) electrons. The van der Waals surface area contributed by atoms with E-state index in [1.807, 2.05) is 30.3 Å². The fourth-order valence-electron chi connectivity index (χ4n) is 2.29. The van der Waals surface area contributed by atoms with E-state index in [1.54, 1.807) is 11.3 Å². The Morgan fingerprint density at radius 1 is 0.909 bits per heavy atom. The number of thiophene rings is 1. The van der Waals surface area contributed by atoms with Crippen molar-refractivity contribution >= 4 is 56.2 Å². The molecule has 0 saturated carbocycles. The Bertz CT molecular complexity index is 798. The number of hydrogen-bond donors (Lipinski definition) is 1. The second kappa shape index (κ2) is 7.20. The Morgan fingerprint density at radius 3 is 2.59 bits per heavy atom. The lowest BCUT2D eigenvalue weighted by Gasteiger charge is -2.05. The van der Waals surface area contributed by atoms with Crippen LogP contribution in [-0.2, 0) is 13.0 Å². The van der Waals surface area contributed by atoms with Gasteiger partial charge in [-0.25, -0.2) is 0 Å². The monoisotopic (exact) mass is 369 g/mol. The number of hydrogen-bond acceptors (Lipinski definition) is 2. The third-order valence-electron chi connectivity index (χ3n) is 3.41. The molecule has 0 atom stereocenters. The van der Waals surface area contributed by atoms with Crippen molar-refractivity contribution in [1.29, 1.82) is 0 Å². The average molecular weight is 371 g/mol. The largest absolute Gasteiger partial charge is 0.312 e. The quantitative estimate of drug-likeness (QED) is 0.528. The van der Waals surface area contributed by atoms with Crippen LogP contribution in [0.5, 0.6) is 0 Å². The molecule has 22 heavy (non-hydrogen) atoms. The molecule has 2 aromatic carbocycles. The molecule has 0 aliphatic carbocycles. The molecular formula is C17H14Cl3NS. The molecule has 5 heteroatoms. The zero-order chi connectivity index (χ0) is 15.5. The predicted octanol–water partition coefficient (Wildman–Crippen LogP) is 6.19. The molecule has 0 unspecified atom stereocenters. The Balaban J connectivity index is 1.54. The molecule has 1 nitrogen and oxygen atoms in total. The van der Waals surface area contributed by atoms with E-state index < -0.39 is 0 Å². The summed E-state index contributed by atoms with van der Waals surface area (Å²) in [6.07, 6.45) is 0.924. The molecule has 1 aromatic heterocycles. The molecule has 0 amide bonds. The summed E-state index contributed by atoms with van der Waals surface area (Å²) in [5.74, 6) is 0. The fraction of sp³-hybridized carbons (Fsp3) is 0.176. The highest BCUT2D eigenvalue weighted by Crippen LogP contribution is 2.28. The smallest absolute Gasteiger partial charge is 0.0595 e. The van der Waals surface area contributed by atoms with Crippen molar-refractivity contribution in [3.63, 3.8) is 0 Å². The third-order valence-corrected chi connectivity index (χ3v) is 5.48. The normalized spacial score (nSPS) is 11.2. The summed E-state index contributed by atoms with van der Waals surface area (Å²) in [6.45, 7) is 1.76. The van der Waals surface area contributed by atoms with Crippen molar-refractivity contribution in [2.45, 2.75) is 13.0 Å². The minimum Gasteiger partial charge on any atom is -0.312 e. The van der Waals surface area contributed by atoms with E-state index in [0.29, 0.717) is 10.0 Å². The first-order valence-electron chi connectivity index (χ1n) is 6.94. The molecule has 0 aliphatic heterocycles. The van der Waals surface area contributed by atoms with E-state index in [4.69, 9.17) is 34.8 Å². The molecule has 1 N–H and O–H groups in total. The maximum absolute atomic E-state index is 6.02. The van der Waals surface area contributed by atoms with Crippen LogP contribution >= 0.6 is 46.1 Å². The number of halogens is 3. The summed E-state index contributed by atoms with van der Waals surface area (Å²) in [5.41, 5.74) is 1.19. The highest BCUT2D eigenvalue weighted by Gasteiger charge is 2.03. The SMILES string of the molecule is Clc1ccc2cc(CNCCc3ccc(Cl)c(Cl)c3)sc2c1. The Kier molecular flexibility index (Phi) is 5.27. The molecule has 114 valence electrons. The standard InChI is InChI=1S/C17H14Cl3NS/c18-13-3-2-12-8-14(22-17(12)9-13)10-21-6-5-11-1-4-15(19)16(20)7-11/h1-4,7-9,21H,5-6,10H2. The maximum atomic E-state index is 6.02. The topological polar surface area (TPSA) is 12.0 Å². The zero-order valence-electron chi connectivity index (χ0n) is 11.7. The Labute approximate surface area is 148 Å². The van der Waals surface area contributed by atoms with Gasteiger partial charge in [0.2, 0.25) is 0 Å². The van der Waals surface area contributed by atoms with Crippen LogP contribution in [-0.4, -0.2) is 6.54 Å². The molecular weight excluding hydrogens is 357 g/mol. The lowest BCUT2D eigenvalue weighted by Crippen LogP contribution is -2.15. The second-order valence-corrected chi connectivity index (χ2v) is 7.49. The maximum Gasteiger partial charge on any atom is 0.0595 e. The van der Waals surface area contributed by atoms with Crippen molar-refractivity contribution < 1.29 is 0 Å². The van der Waals surface area contributed by atoms with Crippen molar-refractivity contribution in [3.8, 4) is 0 Å². The van der Waals surface area contributed by atoms with Crippen molar-refractivity contribution in [1.82, 2.24) is 5.32 Å². The molecule has 0 saturated heterocycles. The van der Waals surface area contributed by atoms with E-state index in [2.05, 4.69) is 17.4 Å². The lowest BCUT2D eigenvalue weighted by molar-refractivity contribution is 0.694.